The van der Waals surface area contributed by atoms with E-state index in [-0.39, 0.29) is 17.4 Å². The Kier molecular flexibility index (Phi) is 5.54. The van der Waals surface area contributed by atoms with Gasteiger partial charge in [-0.15, -0.1) is 0 Å². The average molecular weight is 483 g/mol. The summed E-state index contributed by atoms with van der Waals surface area (Å²) in [5.74, 6) is 1.97. The lowest BCUT2D eigenvalue weighted by molar-refractivity contribution is 0.455. The molecule has 0 spiro atoms. The van der Waals surface area contributed by atoms with E-state index >= 15 is 0 Å². The molecule has 1 heterocycles. The molecule has 1 aliphatic rings. The van der Waals surface area contributed by atoms with E-state index in [1.54, 1.807) is 30.3 Å². The summed E-state index contributed by atoms with van der Waals surface area (Å²) in [4.78, 5) is 0. The zero-order valence-electron chi connectivity index (χ0n) is 20.5. The van der Waals surface area contributed by atoms with Gasteiger partial charge in [-0.05, 0) is 81.6 Å². The number of rotatable bonds is 4. The lowest BCUT2D eigenvalue weighted by Gasteiger charge is -2.31. The highest BCUT2D eigenvalue weighted by atomic mass is 16.5. The second kappa shape index (κ2) is 9.03. The van der Waals surface area contributed by atoms with Crippen molar-refractivity contribution >= 4 is 27.1 Å². The summed E-state index contributed by atoms with van der Waals surface area (Å²) in [6.07, 6.45) is 7.92. The molecule has 37 heavy (non-hydrogen) atoms. The smallest absolute Gasteiger partial charge is 0.132 e. The Morgan fingerprint density at radius 1 is 0.757 bits per heavy atom. The van der Waals surface area contributed by atoms with Gasteiger partial charge in [-0.25, -0.2) is 0 Å². The molecule has 180 valence electrons. The van der Waals surface area contributed by atoms with E-state index in [0.717, 1.165) is 60.9 Å². The Balaban J connectivity index is 1.63. The quantitative estimate of drug-likeness (QED) is 0.247. The number of allylic oxidation sites excluding steroid dienone is 5. The molecule has 0 saturated heterocycles. The van der Waals surface area contributed by atoms with Gasteiger partial charge in [0.25, 0.3) is 0 Å². The van der Waals surface area contributed by atoms with Crippen molar-refractivity contribution < 1.29 is 14.9 Å². The minimum atomic E-state index is -0.108. The molecule has 0 radical (unpaired) electrons. The predicted octanol–water partition coefficient (Wildman–Crippen LogP) is 8.84. The molecule has 6 rings (SSSR count). The highest BCUT2D eigenvalue weighted by Crippen LogP contribution is 2.52. The fourth-order valence-electron chi connectivity index (χ4n) is 5.43. The van der Waals surface area contributed by atoms with E-state index in [1.165, 1.54) is 0 Å². The van der Waals surface area contributed by atoms with E-state index in [1.807, 2.05) is 55.5 Å². The predicted molar refractivity (Wildman–Crippen MR) is 152 cm³/mol. The fraction of sp³-hybridized carbons (Fsp3) is 0.0588. The Labute approximate surface area is 215 Å². The van der Waals surface area contributed by atoms with Gasteiger partial charge in [-0.1, -0.05) is 79.4 Å². The van der Waals surface area contributed by atoms with Gasteiger partial charge in [0.1, 0.15) is 23.0 Å². The van der Waals surface area contributed by atoms with Crippen LogP contribution in [0.1, 0.15) is 35.1 Å². The molecule has 0 fully saturated rings. The fourth-order valence-corrected chi connectivity index (χ4v) is 5.43. The van der Waals surface area contributed by atoms with Crippen LogP contribution in [0.3, 0.4) is 0 Å². The topological polar surface area (TPSA) is 49.7 Å². The van der Waals surface area contributed by atoms with Gasteiger partial charge in [0.15, 0.2) is 0 Å². The lowest BCUT2D eigenvalue weighted by Crippen LogP contribution is -2.13. The minimum absolute atomic E-state index is 0.108. The summed E-state index contributed by atoms with van der Waals surface area (Å²) in [6.45, 7) is 5.87. The van der Waals surface area contributed by atoms with E-state index in [2.05, 4.69) is 36.9 Å². The van der Waals surface area contributed by atoms with Crippen molar-refractivity contribution in [2.75, 3.05) is 0 Å². The molecule has 0 unspecified atom stereocenters. The molecule has 0 aliphatic carbocycles. The minimum Gasteiger partial charge on any atom is -0.508 e. The van der Waals surface area contributed by atoms with Gasteiger partial charge in [0.2, 0.25) is 0 Å². The lowest BCUT2D eigenvalue weighted by atomic mass is 9.78. The maximum atomic E-state index is 10.1. The molecular formula is C34H26O3. The summed E-state index contributed by atoms with van der Waals surface area (Å²) >= 11 is 0. The van der Waals surface area contributed by atoms with Crippen molar-refractivity contribution in [3.8, 4) is 23.0 Å². The molecule has 0 atom stereocenters. The van der Waals surface area contributed by atoms with E-state index in [4.69, 9.17) is 4.74 Å². The molecule has 0 amide bonds. The number of fused-ring (bicyclic) bond motifs is 6. The van der Waals surface area contributed by atoms with Gasteiger partial charge < -0.3 is 14.9 Å². The molecular weight excluding hydrogens is 456 g/mol. The first-order valence-electron chi connectivity index (χ1n) is 12.3. The number of phenols is 2. The van der Waals surface area contributed by atoms with Crippen LogP contribution in [-0.2, 0) is 0 Å². The summed E-state index contributed by atoms with van der Waals surface area (Å²) < 4.78 is 6.48. The van der Waals surface area contributed by atoms with Crippen molar-refractivity contribution in [1.82, 2.24) is 0 Å². The van der Waals surface area contributed by atoms with Crippen LogP contribution in [-0.4, -0.2) is 10.2 Å². The second-order valence-corrected chi connectivity index (χ2v) is 9.28. The Morgan fingerprint density at radius 2 is 1.32 bits per heavy atom. The third-order valence-corrected chi connectivity index (χ3v) is 7.03. The molecule has 2 N–H and O–H groups in total. The molecule has 3 heteroatoms. The average Bonchev–Trinajstić information content (AvgIpc) is 2.91. The van der Waals surface area contributed by atoms with E-state index in [0.29, 0.717) is 0 Å². The van der Waals surface area contributed by atoms with Gasteiger partial charge in [0, 0.05) is 17.0 Å². The van der Waals surface area contributed by atoms with Crippen LogP contribution in [0.15, 0.2) is 116 Å². The number of hydrogen-bond donors (Lipinski definition) is 2. The maximum Gasteiger partial charge on any atom is 0.132 e. The van der Waals surface area contributed by atoms with Crippen LogP contribution in [0.25, 0.3) is 27.1 Å². The van der Waals surface area contributed by atoms with E-state index < -0.39 is 0 Å². The van der Waals surface area contributed by atoms with Crippen LogP contribution in [0.4, 0.5) is 0 Å². The molecule has 1 aliphatic heterocycles. The Bertz CT molecular complexity index is 1650. The zero-order valence-corrected chi connectivity index (χ0v) is 20.5. The standard InChI is InChI=1S/C34H26O3/c1-3-5-21(6-4-2)22-7-9-23(10-8-22)32-33-28-15-13-26(35)19-24(28)11-17-30(33)37-31-18-12-25-20-27(36)14-16-29(25)34(31)32/h3-20,32,35-36H,1H2,2H3/b6-4-,21-5+. The van der Waals surface area contributed by atoms with Gasteiger partial charge in [-0.2, -0.15) is 0 Å². The molecule has 0 aromatic heterocycles. The molecule has 5 aromatic rings. The molecule has 0 saturated carbocycles. The van der Waals surface area contributed by atoms with Crippen molar-refractivity contribution in [2.45, 2.75) is 12.8 Å². The second-order valence-electron chi connectivity index (χ2n) is 9.28. The number of phenolic OH excluding ortho intramolecular Hbond substituents is 2. The van der Waals surface area contributed by atoms with Crippen LogP contribution in [0.2, 0.25) is 0 Å². The third-order valence-electron chi connectivity index (χ3n) is 7.03. The number of aromatic hydroxyl groups is 2. The highest BCUT2D eigenvalue weighted by molar-refractivity contribution is 5.96. The maximum absolute atomic E-state index is 10.1. The van der Waals surface area contributed by atoms with Crippen LogP contribution < -0.4 is 4.74 Å². The van der Waals surface area contributed by atoms with Crippen LogP contribution in [0, 0.1) is 0 Å². The van der Waals surface area contributed by atoms with Crippen molar-refractivity contribution in [2.24, 2.45) is 0 Å². The molecule has 0 bridgehead atoms. The molecule has 5 aromatic carbocycles. The normalized spacial score (nSPS) is 13.5. The van der Waals surface area contributed by atoms with Crippen LogP contribution >= 0.6 is 0 Å². The summed E-state index contributed by atoms with van der Waals surface area (Å²) in [6, 6.07) is 27.6. The first-order valence-corrected chi connectivity index (χ1v) is 12.3. The van der Waals surface area contributed by atoms with Crippen molar-refractivity contribution in [3.63, 3.8) is 0 Å². The van der Waals surface area contributed by atoms with Gasteiger partial charge in [0.05, 0.1) is 0 Å². The number of ether oxygens (including phenoxy) is 1. The highest BCUT2D eigenvalue weighted by Gasteiger charge is 2.32. The summed E-state index contributed by atoms with van der Waals surface area (Å²) in [5, 5.41) is 24.3. The first-order chi connectivity index (χ1) is 18.1. The van der Waals surface area contributed by atoms with Gasteiger partial charge >= 0.3 is 0 Å². The van der Waals surface area contributed by atoms with Crippen molar-refractivity contribution in [3.05, 3.63) is 138 Å². The SMILES string of the molecule is C=C/C=C(\C=C/C)c1ccc(C2c3c(ccc4cc(O)ccc34)Oc3ccc4cc(O)ccc4c32)cc1. The third kappa shape index (κ3) is 3.85. The van der Waals surface area contributed by atoms with Crippen molar-refractivity contribution in [1.29, 1.82) is 0 Å². The zero-order chi connectivity index (χ0) is 25.5. The monoisotopic (exact) mass is 482 g/mol. The largest absolute Gasteiger partial charge is 0.508 e. The number of hydrogen-bond acceptors (Lipinski definition) is 3. The summed E-state index contributed by atoms with van der Waals surface area (Å²) in [5.41, 5.74) is 5.47. The molecule has 3 nitrogen and oxygen atoms in total. The number of benzene rings is 5. The van der Waals surface area contributed by atoms with E-state index in [9.17, 15) is 10.2 Å². The van der Waals surface area contributed by atoms with Crippen LogP contribution in [0.5, 0.6) is 23.0 Å². The Hall–Kier alpha value is -4.76. The van der Waals surface area contributed by atoms with Gasteiger partial charge in [-0.3, -0.25) is 0 Å². The first kappa shape index (κ1) is 22.7. The summed E-state index contributed by atoms with van der Waals surface area (Å²) in [7, 11) is 0. The Morgan fingerprint density at radius 3 is 1.84 bits per heavy atom.